The highest BCUT2D eigenvalue weighted by molar-refractivity contribution is 6.23. The molecule has 0 radical (unpaired) electrons. The van der Waals surface area contributed by atoms with Gasteiger partial charge in [-0.05, 0) is 109 Å². The second kappa shape index (κ2) is 18.3. The first kappa shape index (κ1) is 40.5. The Kier molecular flexibility index (Phi) is 12.4. The molecule has 8 rings (SSSR count). The molecule has 4 aromatic rings. The number of carbonyl (C=O) groups excluding carboxylic acids is 4. The molecule has 4 aliphatic rings. The number of hydrazine groups is 1. The van der Waals surface area contributed by atoms with E-state index in [0.29, 0.717) is 11.1 Å². The van der Waals surface area contributed by atoms with E-state index in [2.05, 4.69) is 93.6 Å². The standard InChI is InChI=1S/C49H52N6O5/c1-2-39(33-10-5-3-6-11-33)46(36-18-21-38(56)22-19-36)35-16-14-34(15-17-35)40-12-7-4-8-13-43(40)52-50-26-9-27-53-28-30-54(31-29-53)37-20-23-41-42(32-37)49(60)55(48(41)59)44-24-25-45(57)51-47(44)58/h3,5-7,10-12,14-23,32,44,50,52,56H,2,4,8-9,13,24-31H2,1H3,(H,51,57,58)/b46-39+. The number of hydrogen-bond donors (Lipinski definition) is 4. The highest BCUT2D eigenvalue weighted by atomic mass is 16.3. The zero-order valence-corrected chi connectivity index (χ0v) is 34.1. The molecule has 2 fully saturated rings. The third kappa shape index (κ3) is 8.68. The molecule has 2 saturated heterocycles. The zero-order chi connectivity index (χ0) is 41.6. The number of allylic oxidation sites excluding steroid dienone is 5. The minimum atomic E-state index is -0.970. The third-order valence-electron chi connectivity index (χ3n) is 12.0. The highest BCUT2D eigenvalue weighted by Crippen LogP contribution is 2.36. The van der Waals surface area contributed by atoms with Crippen LogP contribution in [0.15, 0.2) is 115 Å². The van der Waals surface area contributed by atoms with Gasteiger partial charge in [-0.3, -0.25) is 34.3 Å². The number of benzene rings is 4. The number of hydrogen-bond acceptors (Lipinski definition) is 9. The van der Waals surface area contributed by atoms with E-state index >= 15 is 0 Å². The summed E-state index contributed by atoms with van der Waals surface area (Å²) in [6.07, 6.45) is 9.63. The number of imide groups is 2. The van der Waals surface area contributed by atoms with Crippen molar-refractivity contribution in [2.45, 2.75) is 57.9 Å². The average molecular weight is 805 g/mol. The van der Waals surface area contributed by atoms with E-state index in [-0.39, 0.29) is 24.5 Å². The number of carbonyl (C=O) groups is 4. The molecular weight excluding hydrogens is 753 g/mol. The summed E-state index contributed by atoms with van der Waals surface area (Å²) in [5, 5.41) is 12.3. The van der Waals surface area contributed by atoms with Crippen LogP contribution in [-0.2, 0) is 9.59 Å². The van der Waals surface area contributed by atoms with Crippen LogP contribution in [0.4, 0.5) is 5.69 Å². The number of anilines is 1. The first-order valence-electron chi connectivity index (χ1n) is 21.2. The lowest BCUT2D eigenvalue weighted by molar-refractivity contribution is -0.136. The molecule has 11 nitrogen and oxygen atoms in total. The fourth-order valence-corrected chi connectivity index (χ4v) is 8.80. The molecule has 1 aliphatic carbocycles. The molecule has 0 spiro atoms. The number of phenolic OH excluding ortho intramolecular Hbond substituents is 1. The summed E-state index contributed by atoms with van der Waals surface area (Å²) >= 11 is 0. The van der Waals surface area contributed by atoms with Crippen LogP contribution in [0.5, 0.6) is 5.75 Å². The van der Waals surface area contributed by atoms with E-state index in [1.807, 2.05) is 24.3 Å². The van der Waals surface area contributed by atoms with Crippen LogP contribution in [0.3, 0.4) is 0 Å². The van der Waals surface area contributed by atoms with E-state index in [4.69, 9.17) is 0 Å². The van der Waals surface area contributed by atoms with Crippen molar-refractivity contribution in [2.24, 2.45) is 0 Å². The van der Waals surface area contributed by atoms with E-state index in [1.165, 1.54) is 28.0 Å². The van der Waals surface area contributed by atoms with Crippen molar-refractivity contribution in [1.29, 1.82) is 0 Å². The van der Waals surface area contributed by atoms with Crippen molar-refractivity contribution in [1.82, 2.24) is 26.0 Å². The normalized spacial score (nSPS) is 19.0. The molecule has 0 bridgehead atoms. The van der Waals surface area contributed by atoms with Gasteiger partial charge in [0.05, 0.1) is 11.1 Å². The Hall–Kier alpha value is -6.30. The Balaban J connectivity index is 0.861. The topological polar surface area (TPSA) is 134 Å². The monoisotopic (exact) mass is 804 g/mol. The maximum atomic E-state index is 13.3. The Bertz CT molecular complexity index is 2340. The van der Waals surface area contributed by atoms with Crippen molar-refractivity contribution in [3.05, 3.63) is 148 Å². The summed E-state index contributed by atoms with van der Waals surface area (Å²) in [5.74, 6) is -1.71. The van der Waals surface area contributed by atoms with Crippen molar-refractivity contribution < 1.29 is 24.3 Å². The van der Waals surface area contributed by atoms with Gasteiger partial charge >= 0.3 is 0 Å². The minimum absolute atomic E-state index is 0.0951. The van der Waals surface area contributed by atoms with Crippen LogP contribution < -0.4 is 21.1 Å². The van der Waals surface area contributed by atoms with Crippen LogP contribution in [-0.4, -0.2) is 83.8 Å². The molecule has 60 heavy (non-hydrogen) atoms. The average Bonchev–Trinajstić information content (AvgIpc) is 3.38. The fourth-order valence-electron chi connectivity index (χ4n) is 8.80. The smallest absolute Gasteiger partial charge is 0.262 e. The Morgan fingerprint density at radius 3 is 2.23 bits per heavy atom. The van der Waals surface area contributed by atoms with E-state index in [1.54, 1.807) is 24.3 Å². The lowest BCUT2D eigenvalue weighted by atomic mass is 9.87. The van der Waals surface area contributed by atoms with Gasteiger partial charge in [-0.2, -0.15) is 0 Å². The first-order chi connectivity index (χ1) is 29.3. The van der Waals surface area contributed by atoms with Crippen LogP contribution in [0.25, 0.3) is 16.7 Å². The highest BCUT2D eigenvalue weighted by Gasteiger charge is 2.44. The van der Waals surface area contributed by atoms with Gasteiger partial charge in [0.15, 0.2) is 0 Å². The third-order valence-corrected chi connectivity index (χ3v) is 12.0. The summed E-state index contributed by atoms with van der Waals surface area (Å²) in [4.78, 5) is 56.3. The quantitative estimate of drug-likeness (QED) is 0.0492. The first-order valence-corrected chi connectivity index (χ1v) is 21.2. The van der Waals surface area contributed by atoms with Crippen molar-refractivity contribution in [2.75, 3.05) is 44.2 Å². The van der Waals surface area contributed by atoms with Gasteiger partial charge in [-0.25, -0.2) is 5.43 Å². The van der Waals surface area contributed by atoms with Gasteiger partial charge in [-0.1, -0.05) is 85.8 Å². The van der Waals surface area contributed by atoms with E-state index in [0.717, 1.165) is 98.7 Å². The van der Waals surface area contributed by atoms with Gasteiger partial charge in [0.25, 0.3) is 11.8 Å². The second-order valence-corrected chi connectivity index (χ2v) is 15.8. The number of amides is 4. The molecule has 4 amide bonds. The van der Waals surface area contributed by atoms with Crippen LogP contribution in [0, 0.1) is 0 Å². The molecule has 4 aromatic carbocycles. The summed E-state index contributed by atoms with van der Waals surface area (Å²) in [6.45, 7) is 7.30. The lowest BCUT2D eigenvalue weighted by Gasteiger charge is -2.36. The van der Waals surface area contributed by atoms with Crippen LogP contribution in [0.2, 0.25) is 0 Å². The molecular formula is C49H52N6O5. The summed E-state index contributed by atoms with van der Waals surface area (Å²) < 4.78 is 0. The van der Waals surface area contributed by atoms with Crippen LogP contribution >= 0.6 is 0 Å². The number of nitrogens with one attached hydrogen (secondary N) is 3. The van der Waals surface area contributed by atoms with Gasteiger partial charge in [0, 0.05) is 56.1 Å². The SMILES string of the molecule is CC/C(=C(\c1ccc(O)cc1)c1ccc(C2=C(NNCCCN3CCN(c4ccc5c(c4)C(=O)N(C4CCC(=O)NC4=O)C5=O)CC3)CCCC=C2)cc1)c1ccccc1. The van der Waals surface area contributed by atoms with Crippen molar-refractivity contribution >= 4 is 46.0 Å². The maximum Gasteiger partial charge on any atom is 0.262 e. The van der Waals surface area contributed by atoms with Crippen molar-refractivity contribution in [3.8, 4) is 5.75 Å². The fraction of sp³-hybridized carbons (Fsp3) is 0.306. The zero-order valence-electron chi connectivity index (χ0n) is 34.1. The molecule has 3 aliphatic heterocycles. The molecule has 1 unspecified atom stereocenters. The van der Waals surface area contributed by atoms with E-state index in [9.17, 15) is 24.3 Å². The largest absolute Gasteiger partial charge is 0.508 e. The number of rotatable bonds is 13. The van der Waals surface area contributed by atoms with E-state index < -0.39 is 23.8 Å². The summed E-state index contributed by atoms with van der Waals surface area (Å²) in [6, 6.07) is 31.3. The van der Waals surface area contributed by atoms with Gasteiger partial charge in [-0.15, -0.1) is 0 Å². The molecule has 4 N–H and O–H groups in total. The number of fused-ring (bicyclic) bond motifs is 1. The molecule has 3 heterocycles. The lowest BCUT2D eigenvalue weighted by Crippen LogP contribution is -2.54. The molecule has 308 valence electrons. The molecule has 0 aromatic heterocycles. The molecule has 11 heteroatoms. The van der Waals surface area contributed by atoms with Gasteiger partial charge < -0.3 is 15.4 Å². The number of nitrogens with zero attached hydrogens (tertiary/aromatic N) is 3. The second-order valence-electron chi connectivity index (χ2n) is 15.8. The molecule has 0 saturated carbocycles. The summed E-state index contributed by atoms with van der Waals surface area (Å²) in [7, 11) is 0. The predicted molar refractivity (Wildman–Crippen MR) is 235 cm³/mol. The Morgan fingerprint density at radius 1 is 0.800 bits per heavy atom. The molecule has 1 atom stereocenters. The predicted octanol–water partition coefficient (Wildman–Crippen LogP) is 6.92. The Labute approximate surface area is 351 Å². The number of aromatic hydroxyl groups is 1. The van der Waals surface area contributed by atoms with Crippen LogP contribution in [0.1, 0.15) is 94.8 Å². The number of piperidine rings is 1. The maximum absolute atomic E-state index is 13.3. The van der Waals surface area contributed by atoms with Gasteiger partial charge in [0.1, 0.15) is 11.8 Å². The van der Waals surface area contributed by atoms with Crippen molar-refractivity contribution in [3.63, 3.8) is 0 Å². The minimum Gasteiger partial charge on any atom is -0.508 e. The number of phenols is 1. The number of piperazine rings is 1. The van der Waals surface area contributed by atoms with Gasteiger partial charge in [0.2, 0.25) is 11.8 Å². The summed E-state index contributed by atoms with van der Waals surface area (Å²) in [5.41, 5.74) is 17.9. The Morgan fingerprint density at radius 2 is 1.52 bits per heavy atom.